The van der Waals surface area contributed by atoms with Crippen LogP contribution in [0.2, 0.25) is 0 Å². The molecule has 0 spiro atoms. The maximum Gasteiger partial charge on any atom is 0.251 e. The molecule has 0 atom stereocenters. The van der Waals surface area contributed by atoms with E-state index in [2.05, 4.69) is 10.6 Å². The van der Waals surface area contributed by atoms with Gasteiger partial charge in [0.25, 0.3) is 5.91 Å². The lowest BCUT2D eigenvalue weighted by Crippen LogP contribution is -2.24. The molecule has 0 aliphatic carbocycles. The first-order valence-electron chi connectivity index (χ1n) is 6.82. The quantitative estimate of drug-likeness (QED) is 0.840. The first-order chi connectivity index (χ1) is 9.70. The molecule has 1 aromatic heterocycles. The van der Waals surface area contributed by atoms with Crippen molar-refractivity contribution in [3.05, 3.63) is 59.4 Å². The van der Waals surface area contributed by atoms with E-state index in [1.165, 1.54) is 0 Å². The van der Waals surface area contributed by atoms with E-state index in [0.717, 1.165) is 29.7 Å². The monoisotopic (exact) mass is 271 g/mol. The Morgan fingerprint density at radius 1 is 1.25 bits per heavy atom. The van der Waals surface area contributed by atoms with Gasteiger partial charge >= 0.3 is 0 Å². The molecule has 2 aromatic rings. The molecule has 0 radical (unpaired) electrons. The first-order valence-corrected chi connectivity index (χ1v) is 6.82. The third-order valence-corrected chi connectivity index (χ3v) is 3.25. The number of amides is 1. The Bertz CT molecular complexity index is 575. The number of carbonyl (C=O) groups is 1. The largest absolute Gasteiger partial charge is 0.357 e. The van der Waals surface area contributed by atoms with Crippen LogP contribution < -0.4 is 10.6 Å². The molecule has 0 aliphatic rings. The van der Waals surface area contributed by atoms with Crippen LogP contribution in [0.1, 0.15) is 21.5 Å². The maximum atomic E-state index is 12.3. The Kier molecular flexibility index (Phi) is 4.96. The number of aryl methyl sites for hydroxylation is 1. The van der Waals surface area contributed by atoms with E-state index in [0.29, 0.717) is 6.54 Å². The Labute approximate surface area is 119 Å². The van der Waals surface area contributed by atoms with Gasteiger partial charge in [0.1, 0.15) is 0 Å². The Morgan fingerprint density at radius 3 is 2.75 bits per heavy atom. The van der Waals surface area contributed by atoms with E-state index >= 15 is 0 Å². The first kappa shape index (κ1) is 14.3. The van der Waals surface area contributed by atoms with Crippen molar-refractivity contribution in [3.8, 4) is 0 Å². The Balaban J connectivity index is 2.01. The van der Waals surface area contributed by atoms with Crippen molar-refractivity contribution < 1.29 is 4.79 Å². The highest BCUT2D eigenvalue weighted by molar-refractivity contribution is 5.95. The molecular formula is C16H21N3O. The summed E-state index contributed by atoms with van der Waals surface area (Å²) in [5.41, 5.74) is 2.94. The van der Waals surface area contributed by atoms with Gasteiger partial charge in [0.2, 0.25) is 0 Å². The van der Waals surface area contributed by atoms with Gasteiger partial charge in [-0.3, -0.25) is 4.79 Å². The summed E-state index contributed by atoms with van der Waals surface area (Å²) in [5.74, 6) is -0.0134. The number of carbonyl (C=O) groups excluding carboxylic acids is 1. The number of hydrogen-bond acceptors (Lipinski definition) is 2. The molecule has 0 aliphatic heterocycles. The van der Waals surface area contributed by atoms with Gasteiger partial charge in [-0.2, -0.15) is 0 Å². The third-order valence-electron chi connectivity index (χ3n) is 3.25. The number of nitrogens with one attached hydrogen (secondary N) is 2. The van der Waals surface area contributed by atoms with Gasteiger partial charge in [0.15, 0.2) is 0 Å². The van der Waals surface area contributed by atoms with Crippen molar-refractivity contribution in [2.45, 2.75) is 13.0 Å². The summed E-state index contributed by atoms with van der Waals surface area (Å²) in [6, 6.07) is 9.77. The summed E-state index contributed by atoms with van der Waals surface area (Å²) in [4.78, 5) is 12.3. The molecule has 0 bridgehead atoms. The lowest BCUT2D eigenvalue weighted by atomic mass is 10.0. The fourth-order valence-electron chi connectivity index (χ4n) is 2.16. The van der Waals surface area contributed by atoms with E-state index in [1.807, 2.05) is 61.4 Å². The molecule has 0 saturated carbocycles. The molecule has 1 heterocycles. The van der Waals surface area contributed by atoms with Crippen LogP contribution in [0.15, 0.2) is 42.7 Å². The van der Waals surface area contributed by atoms with Crippen LogP contribution in [-0.2, 0) is 20.0 Å². The van der Waals surface area contributed by atoms with Crippen molar-refractivity contribution >= 4 is 5.91 Å². The maximum absolute atomic E-state index is 12.3. The summed E-state index contributed by atoms with van der Waals surface area (Å²) in [6.07, 6.45) is 4.83. The van der Waals surface area contributed by atoms with Crippen molar-refractivity contribution in [2.75, 3.05) is 13.6 Å². The van der Waals surface area contributed by atoms with Gasteiger partial charge in [-0.15, -0.1) is 0 Å². The number of aromatic nitrogens is 1. The smallest absolute Gasteiger partial charge is 0.251 e. The third kappa shape index (κ3) is 3.71. The average Bonchev–Trinajstić information content (AvgIpc) is 2.88. The van der Waals surface area contributed by atoms with Crippen molar-refractivity contribution in [2.24, 2.45) is 7.05 Å². The lowest BCUT2D eigenvalue weighted by molar-refractivity contribution is 0.0950. The summed E-state index contributed by atoms with van der Waals surface area (Å²) in [7, 11) is 3.89. The zero-order valence-corrected chi connectivity index (χ0v) is 12.0. The highest BCUT2D eigenvalue weighted by Gasteiger charge is 2.10. The number of nitrogens with zero attached hydrogens (tertiary/aromatic N) is 1. The Hall–Kier alpha value is -2.07. The summed E-state index contributed by atoms with van der Waals surface area (Å²) < 4.78 is 1.97. The van der Waals surface area contributed by atoms with Crippen LogP contribution in [0.3, 0.4) is 0 Å². The molecule has 0 unspecified atom stereocenters. The molecule has 106 valence electrons. The molecule has 4 heteroatoms. The number of rotatable bonds is 6. The van der Waals surface area contributed by atoms with E-state index in [9.17, 15) is 4.79 Å². The fraction of sp³-hybridized carbons (Fsp3) is 0.312. The second-order valence-electron chi connectivity index (χ2n) is 4.88. The zero-order chi connectivity index (χ0) is 14.4. The van der Waals surface area contributed by atoms with Gasteiger partial charge in [-0.05, 0) is 43.3 Å². The van der Waals surface area contributed by atoms with Gasteiger partial charge in [-0.25, -0.2) is 0 Å². The number of hydrogen-bond donors (Lipinski definition) is 2. The van der Waals surface area contributed by atoms with Gasteiger partial charge in [0, 0.05) is 31.5 Å². The number of likely N-dealkylation sites (N-methyl/N-ethyl adjacent to an activating group) is 1. The van der Waals surface area contributed by atoms with Crippen molar-refractivity contribution in [1.82, 2.24) is 15.2 Å². The van der Waals surface area contributed by atoms with E-state index in [-0.39, 0.29) is 5.91 Å². The van der Waals surface area contributed by atoms with E-state index in [1.54, 1.807) is 0 Å². The average molecular weight is 271 g/mol. The zero-order valence-electron chi connectivity index (χ0n) is 12.0. The SMILES string of the molecule is CNCCc1ccccc1C(=O)NCc1ccn(C)c1. The molecule has 2 rings (SSSR count). The van der Waals surface area contributed by atoms with Crippen molar-refractivity contribution in [1.29, 1.82) is 0 Å². The fourth-order valence-corrected chi connectivity index (χ4v) is 2.16. The molecular weight excluding hydrogens is 250 g/mol. The molecule has 1 aromatic carbocycles. The number of benzene rings is 1. The summed E-state index contributed by atoms with van der Waals surface area (Å²) in [5, 5.41) is 6.08. The van der Waals surface area contributed by atoms with Crippen molar-refractivity contribution in [3.63, 3.8) is 0 Å². The Morgan fingerprint density at radius 2 is 2.05 bits per heavy atom. The van der Waals surface area contributed by atoms with Crippen LogP contribution in [-0.4, -0.2) is 24.1 Å². The lowest BCUT2D eigenvalue weighted by Gasteiger charge is -2.09. The van der Waals surface area contributed by atoms with Crippen LogP contribution >= 0.6 is 0 Å². The second kappa shape index (κ2) is 6.91. The van der Waals surface area contributed by atoms with Crippen LogP contribution in [0.5, 0.6) is 0 Å². The van der Waals surface area contributed by atoms with E-state index < -0.39 is 0 Å². The molecule has 0 fully saturated rings. The minimum Gasteiger partial charge on any atom is -0.357 e. The standard InChI is InChI=1S/C16H21N3O/c1-17-9-7-14-5-3-4-6-15(14)16(20)18-11-13-8-10-19(2)12-13/h3-6,8,10,12,17H,7,9,11H2,1-2H3,(H,18,20). The highest BCUT2D eigenvalue weighted by atomic mass is 16.1. The predicted octanol–water partition coefficient (Wildman–Crippen LogP) is 1.72. The molecule has 2 N–H and O–H groups in total. The molecule has 20 heavy (non-hydrogen) atoms. The van der Waals surface area contributed by atoms with Crippen LogP contribution in [0.4, 0.5) is 0 Å². The molecule has 1 amide bonds. The van der Waals surface area contributed by atoms with Crippen LogP contribution in [0, 0.1) is 0 Å². The van der Waals surface area contributed by atoms with Gasteiger partial charge < -0.3 is 15.2 Å². The van der Waals surface area contributed by atoms with E-state index in [4.69, 9.17) is 0 Å². The highest BCUT2D eigenvalue weighted by Crippen LogP contribution is 2.10. The topological polar surface area (TPSA) is 46.1 Å². The minimum absolute atomic E-state index is 0.0134. The normalized spacial score (nSPS) is 10.5. The summed E-state index contributed by atoms with van der Waals surface area (Å²) >= 11 is 0. The summed E-state index contributed by atoms with van der Waals surface area (Å²) in [6.45, 7) is 1.42. The minimum atomic E-state index is -0.0134. The molecule has 4 nitrogen and oxygen atoms in total. The predicted molar refractivity (Wildman–Crippen MR) is 80.7 cm³/mol. The molecule has 0 saturated heterocycles. The second-order valence-corrected chi connectivity index (χ2v) is 4.88. The van der Waals surface area contributed by atoms with Gasteiger partial charge in [-0.1, -0.05) is 18.2 Å². The van der Waals surface area contributed by atoms with Gasteiger partial charge in [0.05, 0.1) is 0 Å². The van der Waals surface area contributed by atoms with Crippen LogP contribution in [0.25, 0.3) is 0 Å².